The Hall–Kier alpha value is -1.93. The molecule has 1 aromatic heterocycles. The van der Waals surface area contributed by atoms with E-state index in [-0.39, 0.29) is 0 Å². The first-order valence-corrected chi connectivity index (χ1v) is 8.04. The summed E-state index contributed by atoms with van der Waals surface area (Å²) in [6.45, 7) is 6.43. The number of para-hydroxylation sites is 1. The van der Waals surface area contributed by atoms with Gasteiger partial charge in [0.25, 0.3) is 0 Å². The van der Waals surface area contributed by atoms with Crippen LogP contribution in [-0.4, -0.2) is 4.98 Å². The van der Waals surface area contributed by atoms with E-state index in [1.54, 1.807) is 11.3 Å². The first kappa shape index (κ1) is 14.0. The molecule has 0 N–H and O–H groups in total. The monoisotopic (exact) mass is 293 g/mol. The van der Waals surface area contributed by atoms with Crippen LogP contribution < -0.4 is 0 Å². The molecule has 2 heteroatoms. The number of aromatic nitrogens is 1. The average Bonchev–Trinajstić information content (AvgIpc) is 2.89. The molecular weight excluding hydrogens is 274 g/mol. The molecule has 0 radical (unpaired) electrons. The zero-order valence-electron chi connectivity index (χ0n) is 12.7. The predicted molar refractivity (Wildman–Crippen MR) is 92.9 cm³/mol. The fourth-order valence-electron chi connectivity index (χ4n) is 2.37. The molecule has 1 heterocycles. The Balaban J connectivity index is 2.11. The minimum absolute atomic E-state index is 0.966. The number of benzene rings is 2. The summed E-state index contributed by atoms with van der Waals surface area (Å²) in [5.74, 6) is 0. The highest BCUT2D eigenvalue weighted by Crippen LogP contribution is 2.33. The van der Waals surface area contributed by atoms with Crippen molar-refractivity contribution in [3.05, 3.63) is 65.2 Å². The van der Waals surface area contributed by atoms with Gasteiger partial charge in [-0.1, -0.05) is 41.5 Å². The third-order valence-electron chi connectivity index (χ3n) is 3.52. The van der Waals surface area contributed by atoms with E-state index in [1.165, 1.54) is 27.0 Å². The lowest BCUT2D eigenvalue weighted by atomic mass is 10.0. The van der Waals surface area contributed by atoms with Crippen LogP contribution in [0.3, 0.4) is 0 Å². The lowest BCUT2D eigenvalue weighted by Gasteiger charge is -2.07. The van der Waals surface area contributed by atoms with Crippen molar-refractivity contribution >= 4 is 21.6 Å². The number of rotatable bonds is 3. The van der Waals surface area contributed by atoms with Gasteiger partial charge in [0.2, 0.25) is 0 Å². The number of thiazole rings is 1. The summed E-state index contributed by atoms with van der Waals surface area (Å²) in [4.78, 5) is 4.81. The quantitative estimate of drug-likeness (QED) is 0.558. The van der Waals surface area contributed by atoms with Crippen LogP contribution in [0.2, 0.25) is 0 Å². The summed E-state index contributed by atoms with van der Waals surface area (Å²) in [6, 6.07) is 15.0. The average molecular weight is 293 g/mol. The van der Waals surface area contributed by atoms with E-state index < -0.39 is 0 Å². The Morgan fingerprint density at radius 3 is 2.71 bits per heavy atom. The molecular formula is C19H19NS. The van der Waals surface area contributed by atoms with E-state index in [0.717, 1.165) is 16.9 Å². The fourth-order valence-corrected chi connectivity index (χ4v) is 3.39. The third kappa shape index (κ3) is 3.06. The second-order valence-corrected chi connectivity index (χ2v) is 6.66. The van der Waals surface area contributed by atoms with Gasteiger partial charge in [-0.15, -0.1) is 11.3 Å². The zero-order chi connectivity index (χ0) is 14.8. The SMILES string of the molecule is CC(C)=CCc1ccc(C)cc1-c1nc2ccccc2s1. The molecule has 0 saturated carbocycles. The molecule has 0 aliphatic rings. The van der Waals surface area contributed by atoms with Crippen LogP contribution in [0.15, 0.2) is 54.1 Å². The molecule has 0 fully saturated rings. The summed E-state index contributed by atoms with van der Waals surface area (Å²) in [5, 5.41) is 1.12. The van der Waals surface area contributed by atoms with Crippen LogP contribution in [-0.2, 0) is 6.42 Å². The van der Waals surface area contributed by atoms with Gasteiger partial charge in [0.15, 0.2) is 0 Å². The van der Waals surface area contributed by atoms with Crippen LogP contribution in [0.1, 0.15) is 25.0 Å². The second kappa shape index (κ2) is 5.82. The molecule has 106 valence electrons. The van der Waals surface area contributed by atoms with E-state index in [1.807, 2.05) is 6.07 Å². The van der Waals surface area contributed by atoms with Gasteiger partial charge in [0, 0.05) is 5.56 Å². The molecule has 0 saturated heterocycles. The van der Waals surface area contributed by atoms with Crippen molar-refractivity contribution in [1.82, 2.24) is 4.98 Å². The molecule has 1 nitrogen and oxygen atoms in total. The fraction of sp³-hybridized carbons (Fsp3) is 0.211. The smallest absolute Gasteiger partial charge is 0.124 e. The largest absolute Gasteiger partial charge is 0.236 e. The molecule has 21 heavy (non-hydrogen) atoms. The lowest BCUT2D eigenvalue weighted by molar-refractivity contribution is 1.21. The van der Waals surface area contributed by atoms with Crippen molar-refractivity contribution < 1.29 is 0 Å². The Kier molecular flexibility index (Phi) is 3.89. The van der Waals surface area contributed by atoms with E-state index in [0.29, 0.717) is 0 Å². The van der Waals surface area contributed by atoms with E-state index >= 15 is 0 Å². The molecule has 0 bridgehead atoms. The lowest BCUT2D eigenvalue weighted by Crippen LogP contribution is -1.89. The number of hydrogen-bond acceptors (Lipinski definition) is 2. The highest BCUT2D eigenvalue weighted by atomic mass is 32.1. The molecule has 0 amide bonds. The molecule has 0 unspecified atom stereocenters. The van der Waals surface area contributed by atoms with Crippen LogP contribution in [0, 0.1) is 6.92 Å². The Bertz CT molecular complexity index is 774. The van der Waals surface area contributed by atoms with Gasteiger partial charge in [-0.05, 0) is 51.0 Å². The Morgan fingerprint density at radius 2 is 1.95 bits per heavy atom. The maximum absolute atomic E-state index is 4.81. The highest BCUT2D eigenvalue weighted by Gasteiger charge is 2.10. The van der Waals surface area contributed by atoms with Crippen molar-refractivity contribution in [3.63, 3.8) is 0 Å². The van der Waals surface area contributed by atoms with Gasteiger partial charge in [0.1, 0.15) is 5.01 Å². The maximum Gasteiger partial charge on any atom is 0.124 e. The predicted octanol–water partition coefficient (Wildman–Crippen LogP) is 5.78. The number of hydrogen-bond donors (Lipinski definition) is 0. The first-order chi connectivity index (χ1) is 10.1. The van der Waals surface area contributed by atoms with Gasteiger partial charge in [-0.3, -0.25) is 0 Å². The van der Waals surface area contributed by atoms with Crippen LogP contribution in [0.4, 0.5) is 0 Å². The normalized spacial score (nSPS) is 10.8. The minimum atomic E-state index is 0.966. The maximum atomic E-state index is 4.81. The van der Waals surface area contributed by atoms with Crippen molar-refractivity contribution in [1.29, 1.82) is 0 Å². The number of aryl methyl sites for hydroxylation is 1. The van der Waals surface area contributed by atoms with Gasteiger partial charge in [0.05, 0.1) is 10.2 Å². The van der Waals surface area contributed by atoms with Gasteiger partial charge >= 0.3 is 0 Å². The molecule has 3 rings (SSSR count). The number of nitrogens with zero attached hydrogens (tertiary/aromatic N) is 1. The zero-order valence-corrected chi connectivity index (χ0v) is 13.5. The van der Waals surface area contributed by atoms with Crippen LogP contribution in [0.25, 0.3) is 20.8 Å². The Morgan fingerprint density at radius 1 is 1.14 bits per heavy atom. The summed E-state index contributed by atoms with van der Waals surface area (Å²) < 4.78 is 1.25. The summed E-state index contributed by atoms with van der Waals surface area (Å²) in [7, 11) is 0. The van der Waals surface area contributed by atoms with Crippen molar-refractivity contribution in [3.8, 4) is 10.6 Å². The third-order valence-corrected chi connectivity index (χ3v) is 4.59. The van der Waals surface area contributed by atoms with E-state index in [2.05, 4.69) is 63.2 Å². The molecule has 2 aromatic carbocycles. The topological polar surface area (TPSA) is 12.9 Å². The van der Waals surface area contributed by atoms with Gasteiger partial charge < -0.3 is 0 Å². The number of fused-ring (bicyclic) bond motifs is 1. The summed E-state index contributed by atoms with van der Waals surface area (Å²) in [6.07, 6.45) is 3.25. The minimum Gasteiger partial charge on any atom is -0.236 e. The Labute approximate surface area is 130 Å². The first-order valence-electron chi connectivity index (χ1n) is 7.22. The van der Waals surface area contributed by atoms with Crippen LogP contribution >= 0.6 is 11.3 Å². The number of allylic oxidation sites excluding steroid dienone is 2. The van der Waals surface area contributed by atoms with Gasteiger partial charge in [-0.25, -0.2) is 4.98 Å². The van der Waals surface area contributed by atoms with Gasteiger partial charge in [-0.2, -0.15) is 0 Å². The standard InChI is InChI=1S/C19H19NS/c1-13(2)8-10-15-11-9-14(3)12-16(15)19-20-17-6-4-5-7-18(17)21-19/h4-9,11-12H,10H2,1-3H3. The highest BCUT2D eigenvalue weighted by molar-refractivity contribution is 7.21. The van der Waals surface area contributed by atoms with Crippen LogP contribution in [0.5, 0.6) is 0 Å². The summed E-state index contributed by atoms with van der Waals surface area (Å²) >= 11 is 1.78. The van der Waals surface area contributed by atoms with E-state index in [4.69, 9.17) is 4.98 Å². The van der Waals surface area contributed by atoms with Crippen molar-refractivity contribution in [2.24, 2.45) is 0 Å². The molecule has 0 aliphatic carbocycles. The van der Waals surface area contributed by atoms with Crippen molar-refractivity contribution in [2.45, 2.75) is 27.2 Å². The molecule has 0 spiro atoms. The van der Waals surface area contributed by atoms with Crippen molar-refractivity contribution in [2.75, 3.05) is 0 Å². The molecule has 0 atom stereocenters. The second-order valence-electron chi connectivity index (χ2n) is 5.63. The summed E-state index contributed by atoms with van der Waals surface area (Å²) in [5.41, 5.74) is 6.35. The molecule has 0 aliphatic heterocycles. The van der Waals surface area contributed by atoms with E-state index in [9.17, 15) is 0 Å². The molecule has 3 aromatic rings.